The van der Waals surface area contributed by atoms with Crippen molar-refractivity contribution in [3.8, 4) is 0 Å². The molecule has 4 aliphatic rings. The second-order valence-electron chi connectivity index (χ2n) is 29.0. The molecule has 4 aromatic heterocycles. The van der Waals surface area contributed by atoms with Crippen LogP contribution in [-0.2, 0) is 64.0 Å². The fourth-order valence-corrected chi connectivity index (χ4v) is 14.1. The lowest BCUT2D eigenvalue weighted by atomic mass is 9.90. The summed E-state index contributed by atoms with van der Waals surface area (Å²) < 4.78 is 84.3. The van der Waals surface area contributed by atoms with E-state index in [4.69, 9.17) is 11.6 Å². The molecule has 8 aromatic rings. The van der Waals surface area contributed by atoms with Gasteiger partial charge in [-0.1, -0.05) is 87.8 Å². The molecule has 0 unspecified atom stereocenters. The second-order valence-corrected chi connectivity index (χ2v) is 29.4. The highest BCUT2D eigenvalue weighted by Gasteiger charge is 2.37. The van der Waals surface area contributed by atoms with Gasteiger partial charge in [-0.15, -0.1) is 0 Å². The molecule has 8 heterocycles. The number of aryl methyl sites for hydroxylation is 7. The number of aromatic nitrogens is 4. The molecule has 0 saturated carbocycles. The SMILES string of the molecule is CCC(=O)N(C)c1ccc(C2CN(C(=O)CCc3ccc(C)nc3C)C2)cc1F.CCC(=O)N(C)c1ccc(C2CN(C(=O)CCc3ccc(F)nc3C)C2)cc1F.CCC(=O)N(C)c1ccc(C2CN(C(=O)CCc3cccnc3Cl)C2)cc1F.CCC(=O)N(C)c1ccc(C2CN(C(=O)CCc3cccnc3F)C2)cc1F. The van der Waals surface area contributed by atoms with Crippen LogP contribution in [0.5, 0.6) is 0 Å². The van der Waals surface area contributed by atoms with E-state index in [-0.39, 0.29) is 100 Å². The number of amides is 8. The van der Waals surface area contributed by atoms with E-state index in [0.29, 0.717) is 139 Å². The Morgan fingerprint density at radius 3 is 0.956 bits per heavy atom. The molecule has 0 atom stereocenters. The van der Waals surface area contributed by atoms with Crippen LogP contribution in [-0.4, -0.2) is 167 Å². The minimum Gasteiger partial charge on any atom is -0.341 e. The number of carbonyl (C=O) groups excluding carboxylic acids is 8. The van der Waals surface area contributed by atoms with Gasteiger partial charge in [-0.05, 0) is 158 Å². The molecule has 0 bridgehead atoms. The Morgan fingerprint density at radius 1 is 0.377 bits per heavy atom. The summed E-state index contributed by atoms with van der Waals surface area (Å²) in [6.45, 7) is 17.1. The molecule has 4 aliphatic heterocycles. The summed E-state index contributed by atoms with van der Waals surface area (Å²) in [5.74, 6) is -2.79. The van der Waals surface area contributed by atoms with E-state index in [1.165, 1.54) is 56.1 Å². The fourth-order valence-electron chi connectivity index (χ4n) is 13.9. The third-order valence-electron chi connectivity index (χ3n) is 21.5. The summed E-state index contributed by atoms with van der Waals surface area (Å²) >= 11 is 6.02. The smallest absolute Gasteiger partial charge is 0.226 e. The maximum atomic E-state index is 14.5. The van der Waals surface area contributed by atoms with Crippen LogP contribution >= 0.6 is 11.6 Å². The first-order valence-electron chi connectivity index (χ1n) is 38.5. The number of hydrogen-bond acceptors (Lipinski definition) is 12. The standard InChI is InChI=1S/C23H28FN3O2.C22H25F2N3O2.C21H23ClFN3O2.C21H23F2N3O2/c1-5-22(28)26(4)21-10-8-18(12-20(21)24)19-13-27(14-19)23(29)11-9-17-7-6-15(2)25-16(17)3;1-4-21(28)26(3)19-8-5-16(11-18(19)23)17-12-27(13-17)22(29)10-7-15-6-9-20(24)25-14(15)2;1-3-19(27)25(2)18-8-6-15(11-17(18)23)16-12-26(13-16)20(28)9-7-14-5-4-10-24-21(14)22;1-3-19(27)25(2)18-8-6-15(11-17(18)22)16-12-26(13-16)20(28)9-7-14-5-4-10-24-21(14)23/h6-8,10,12,19H,5,9,11,13-14H2,1-4H3;5-6,8-9,11,17H,4,7,10,12-13H2,1-3H3;2*4-6,8,10-11,16H,3,7,9,12-13H2,1-2H3. The zero-order chi connectivity index (χ0) is 82.8. The third kappa shape index (κ3) is 22.3. The van der Waals surface area contributed by atoms with E-state index in [9.17, 15) is 64.7 Å². The quantitative estimate of drug-likeness (QED) is 0.0408. The highest BCUT2D eigenvalue weighted by Crippen LogP contribution is 2.36. The lowest BCUT2D eigenvalue weighted by Gasteiger charge is -2.40. The van der Waals surface area contributed by atoms with Gasteiger partial charge in [0.05, 0.1) is 22.7 Å². The molecule has 4 saturated heterocycles. The van der Waals surface area contributed by atoms with Gasteiger partial charge in [-0.3, -0.25) is 43.3 Å². The van der Waals surface area contributed by atoms with Crippen LogP contribution in [0.15, 0.2) is 134 Å². The predicted octanol–water partition coefficient (Wildman–Crippen LogP) is 14.5. The van der Waals surface area contributed by atoms with Crippen molar-refractivity contribution in [3.63, 3.8) is 0 Å². The lowest BCUT2D eigenvalue weighted by molar-refractivity contribution is -0.136. The first kappa shape index (κ1) is 87.1. The number of hydrogen-bond donors (Lipinski definition) is 0. The second kappa shape index (κ2) is 40.2. The lowest BCUT2D eigenvalue weighted by Crippen LogP contribution is -2.48. The number of halogens is 7. The Balaban J connectivity index is 0.000000174. The molecular formula is C87H99ClF6N12O8. The molecule has 604 valence electrons. The monoisotopic (exact) mass is 1590 g/mol. The average Bonchev–Trinajstić information content (AvgIpc) is 0.807. The molecule has 20 nitrogen and oxygen atoms in total. The Kier molecular flexibility index (Phi) is 30.7. The summed E-state index contributed by atoms with van der Waals surface area (Å²) in [5.41, 5.74) is 10.2. The number of carbonyl (C=O) groups is 8. The van der Waals surface area contributed by atoms with Crippen LogP contribution in [0.2, 0.25) is 5.15 Å². The van der Waals surface area contributed by atoms with Gasteiger partial charge in [0.25, 0.3) is 0 Å². The molecule has 4 fully saturated rings. The van der Waals surface area contributed by atoms with Crippen LogP contribution < -0.4 is 19.6 Å². The van der Waals surface area contributed by atoms with Crippen molar-refractivity contribution in [1.82, 2.24) is 39.5 Å². The summed E-state index contributed by atoms with van der Waals surface area (Å²) in [6, 6.07) is 33.6. The molecule has 27 heteroatoms. The number of rotatable bonds is 24. The van der Waals surface area contributed by atoms with Crippen molar-refractivity contribution in [2.75, 3.05) is 100 Å². The number of anilines is 4. The summed E-state index contributed by atoms with van der Waals surface area (Å²) in [4.78, 5) is 125. The summed E-state index contributed by atoms with van der Waals surface area (Å²) in [7, 11) is 6.27. The third-order valence-corrected chi connectivity index (χ3v) is 21.8. The zero-order valence-corrected chi connectivity index (χ0v) is 67.2. The van der Waals surface area contributed by atoms with Crippen LogP contribution in [0.4, 0.5) is 49.1 Å². The molecule has 0 aliphatic carbocycles. The topological polar surface area (TPSA) is 214 Å². The highest BCUT2D eigenvalue weighted by molar-refractivity contribution is 6.30. The minimum absolute atomic E-state index is 0.0235. The van der Waals surface area contributed by atoms with Gasteiger partial charge < -0.3 is 39.2 Å². The highest BCUT2D eigenvalue weighted by atomic mass is 35.5. The molecule has 8 amide bonds. The van der Waals surface area contributed by atoms with Crippen molar-refractivity contribution in [2.24, 2.45) is 0 Å². The van der Waals surface area contributed by atoms with Gasteiger partial charge in [-0.2, -0.15) is 8.78 Å². The minimum atomic E-state index is -0.543. The molecule has 0 N–H and O–H groups in total. The van der Waals surface area contributed by atoms with Crippen LogP contribution in [0, 0.1) is 55.9 Å². The Labute approximate surface area is 667 Å². The first-order chi connectivity index (χ1) is 54.4. The van der Waals surface area contributed by atoms with Crippen molar-refractivity contribution >= 4 is 81.6 Å². The summed E-state index contributed by atoms with van der Waals surface area (Å²) in [5, 5.41) is 0.430. The van der Waals surface area contributed by atoms with Crippen LogP contribution in [0.3, 0.4) is 0 Å². The van der Waals surface area contributed by atoms with Gasteiger partial charge in [0.1, 0.15) is 28.4 Å². The van der Waals surface area contributed by atoms with E-state index in [1.807, 2.05) is 55.1 Å². The molecule has 0 radical (unpaired) electrons. The van der Waals surface area contributed by atoms with Crippen molar-refractivity contribution < 1.29 is 64.7 Å². The normalized spacial score (nSPS) is 13.9. The Morgan fingerprint density at radius 2 is 0.667 bits per heavy atom. The Hall–Kier alpha value is -10.9. The average molecular weight is 1590 g/mol. The van der Waals surface area contributed by atoms with Crippen LogP contribution in [0.25, 0.3) is 0 Å². The molecule has 0 spiro atoms. The summed E-state index contributed by atoms with van der Waals surface area (Å²) in [6.07, 6.45) is 7.68. The number of pyridine rings is 4. The molecular weight excluding hydrogens is 1490 g/mol. The van der Waals surface area contributed by atoms with Crippen LogP contribution in [0.1, 0.15) is 164 Å². The van der Waals surface area contributed by atoms with Gasteiger partial charge >= 0.3 is 0 Å². The number of likely N-dealkylation sites (tertiary alicyclic amines) is 4. The van der Waals surface area contributed by atoms with Gasteiger partial charge in [0.2, 0.25) is 59.2 Å². The maximum absolute atomic E-state index is 14.5. The first-order valence-corrected chi connectivity index (χ1v) is 38.9. The largest absolute Gasteiger partial charge is 0.341 e. The number of benzene rings is 4. The van der Waals surface area contributed by atoms with Gasteiger partial charge in [-0.25, -0.2) is 32.5 Å². The molecule has 12 rings (SSSR count). The van der Waals surface area contributed by atoms with E-state index < -0.39 is 35.2 Å². The predicted molar refractivity (Wildman–Crippen MR) is 427 cm³/mol. The van der Waals surface area contributed by atoms with E-state index in [0.717, 1.165) is 50.3 Å². The fraction of sp³-hybridized carbons (Fsp3) is 0.402. The zero-order valence-electron chi connectivity index (χ0n) is 66.4. The van der Waals surface area contributed by atoms with Gasteiger partial charge in [0, 0.05) is 191 Å². The van der Waals surface area contributed by atoms with E-state index in [1.54, 1.807) is 138 Å². The van der Waals surface area contributed by atoms with Gasteiger partial charge in [0.15, 0.2) is 0 Å². The van der Waals surface area contributed by atoms with E-state index in [2.05, 4.69) is 19.9 Å². The maximum Gasteiger partial charge on any atom is 0.226 e. The molecule has 4 aromatic carbocycles. The number of nitrogens with zero attached hydrogens (tertiary/aromatic N) is 12. The Bertz CT molecular complexity index is 4500. The van der Waals surface area contributed by atoms with Crippen molar-refractivity contribution in [3.05, 3.63) is 236 Å². The van der Waals surface area contributed by atoms with E-state index >= 15 is 0 Å². The van der Waals surface area contributed by atoms with Crippen molar-refractivity contribution in [2.45, 2.75) is 149 Å². The molecule has 114 heavy (non-hydrogen) atoms. The van der Waals surface area contributed by atoms with Crippen molar-refractivity contribution in [1.29, 1.82) is 0 Å².